The summed E-state index contributed by atoms with van der Waals surface area (Å²) in [6.45, 7) is 1.87. The molecule has 0 radical (unpaired) electrons. The number of hydrogen-bond acceptors (Lipinski definition) is 6. The fourth-order valence-electron chi connectivity index (χ4n) is 2.40. The van der Waals surface area contributed by atoms with Gasteiger partial charge in [-0.1, -0.05) is 37.3 Å². The third kappa shape index (κ3) is 3.45. The maximum absolute atomic E-state index is 11.1. The molecule has 2 rings (SSSR count). The summed E-state index contributed by atoms with van der Waals surface area (Å²) in [5, 5.41) is 38.4. The van der Waals surface area contributed by atoms with E-state index in [9.17, 15) is 20.1 Å². The van der Waals surface area contributed by atoms with E-state index in [1.807, 2.05) is 37.3 Å². The van der Waals surface area contributed by atoms with Gasteiger partial charge < -0.3 is 29.9 Å². The zero-order valence-corrected chi connectivity index (χ0v) is 12.1. The zero-order valence-electron chi connectivity index (χ0n) is 12.1. The third-order valence-corrected chi connectivity index (χ3v) is 3.65. The Hall–Kier alpha value is -1.51. The van der Waals surface area contributed by atoms with E-state index in [2.05, 4.69) is 0 Å². The number of carbonyl (C=O) groups is 1. The summed E-state index contributed by atoms with van der Waals surface area (Å²) in [5.41, 5.74) is 0.841. The van der Waals surface area contributed by atoms with Gasteiger partial charge in [-0.15, -0.1) is 0 Å². The summed E-state index contributed by atoms with van der Waals surface area (Å²) in [4.78, 5) is 11.1. The molecule has 7 heteroatoms. The minimum Gasteiger partial charge on any atom is -0.479 e. The summed E-state index contributed by atoms with van der Waals surface area (Å²) in [5.74, 6) is -1.43. The van der Waals surface area contributed by atoms with Crippen LogP contribution in [0.4, 0.5) is 0 Å². The molecule has 0 unspecified atom stereocenters. The molecule has 6 atom stereocenters. The molecule has 0 amide bonds. The molecule has 0 aliphatic carbocycles. The van der Waals surface area contributed by atoms with Crippen molar-refractivity contribution in [3.63, 3.8) is 0 Å². The van der Waals surface area contributed by atoms with E-state index in [4.69, 9.17) is 14.6 Å². The van der Waals surface area contributed by atoms with Gasteiger partial charge in [0, 0.05) is 0 Å². The molecular formula is C15H20O7. The quantitative estimate of drug-likeness (QED) is 0.607. The van der Waals surface area contributed by atoms with Crippen LogP contribution < -0.4 is 0 Å². The van der Waals surface area contributed by atoms with Gasteiger partial charge in [-0.2, -0.15) is 0 Å². The Bertz CT molecular complexity index is 492. The Morgan fingerprint density at radius 1 is 1.18 bits per heavy atom. The SMILES string of the molecule is CC[C@H](O[C@@H]1O[C@H](C(=O)O)[C@@H](O)[C@H](O)[C@H]1O)c1ccccc1. The monoisotopic (exact) mass is 312 g/mol. The van der Waals surface area contributed by atoms with Crippen LogP contribution in [0.2, 0.25) is 0 Å². The summed E-state index contributed by atoms with van der Waals surface area (Å²) in [6.07, 6.45) is -7.79. The van der Waals surface area contributed by atoms with E-state index >= 15 is 0 Å². The zero-order chi connectivity index (χ0) is 16.3. The number of hydrogen-bond donors (Lipinski definition) is 4. The molecule has 1 aliphatic heterocycles. The molecule has 1 fully saturated rings. The van der Waals surface area contributed by atoms with Crippen LogP contribution in [0.25, 0.3) is 0 Å². The van der Waals surface area contributed by atoms with Gasteiger partial charge in [0.15, 0.2) is 12.4 Å². The Kier molecular flexibility index (Phi) is 5.49. The van der Waals surface area contributed by atoms with E-state index in [0.717, 1.165) is 5.56 Å². The number of aliphatic hydroxyl groups is 3. The van der Waals surface area contributed by atoms with Crippen molar-refractivity contribution in [2.24, 2.45) is 0 Å². The maximum atomic E-state index is 11.1. The minimum atomic E-state index is -1.72. The van der Waals surface area contributed by atoms with Crippen molar-refractivity contribution in [3.8, 4) is 0 Å². The highest BCUT2D eigenvalue weighted by molar-refractivity contribution is 5.73. The molecule has 1 heterocycles. The Balaban J connectivity index is 2.14. The number of aliphatic carboxylic acids is 1. The van der Waals surface area contributed by atoms with Gasteiger partial charge in [-0.3, -0.25) is 0 Å². The second-order valence-corrected chi connectivity index (χ2v) is 5.18. The molecule has 1 aromatic rings. The highest BCUT2D eigenvalue weighted by Crippen LogP contribution is 2.29. The molecule has 4 N–H and O–H groups in total. The molecule has 0 saturated carbocycles. The van der Waals surface area contributed by atoms with Gasteiger partial charge >= 0.3 is 5.97 Å². The molecule has 22 heavy (non-hydrogen) atoms. The fourth-order valence-corrected chi connectivity index (χ4v) is 2.40. The van der Waals surface area contributed by atoms with Crippen LogP contribution in [-0.4, -0.2) is 57.1 Å². The van der Waals surface area contributed by atoms with E-state index in [1.165, 1.54) is 0 Å². The molecule has 0 spiro atoms. The van der Waals surface area contributed by atoms with Crippen LogP contribution in [0.1, 0.15) is 25.0 Å². The molecule has 0 aromatic heterocycles. The van der Waals surface area contributed by atoms with Crippen molar-refractivity contribution in [2.45, 2.75) is 50.2 Å². The highest BCUT2D eigenvalue weighted by atomic mass is 16.7. The predicted molar refractivity (Wildman–Crippen MR) is 74.9 cm³/mol. The standard InChI is InChI=1S/C15H20O7/c1-2-9(8-6-4-3-5-7-8)21-15-12(18)10(16)11(17)13(22-15)14(19)20/h3-7,9-13,15-18H,2H2,1H3,(H,19,20)/t9-,10-,11-,12+,13-,15+/m0/s1. The van der Waals surface area contributed by atoms with Crippen LogP contribution in [0.15, 0.2) is 30.3 Å². The largest absolute Gasteiger partial charge is 0.479 e. The maximum Gasteiger partial charge on any atom is 0.335 e. The lowest BCUT2D eigenvalue weighted by Crippen LogP contribution is -2.60. The second-order valence-electron chi connectivity index (χ2n) is 5.18. The van der Waals surface area contributed by atoms with Crippen molar-refractivity contribution in [2.75, 3.05) is 0 Å². The topological polar surface area (TPSA) is 116 Å². The van der Waals surface area contributed by atoms with Crippen LogP contribution in [0.3, 0.4) is 0 Å². The molecule has 7 nitrogen and oxygen atoms in total. The number of aliphatic hydroxyl groups excluding tert-OH is 3. The average Bonchev–Trinajstić information content (AvgIpc) is 2.52. The number of rotatable bonds is 5. The first-order valence-electron chi connectivity index (χ1n) is 7.08. The van der Waals surface area contributed by atoms with Crippen LogP contribution in [0.5, 0.6) is 0 Å². The van der Waals surface area contributed by atoms with Crippen molar-refractivity contribution in [1.82, 2.24) is 0 Å². The van der Waals surface area contributed by atoms with E-state index in [0.29, 0.717) is 6.42 Å². The van der Waals surface area contributed by atoms with Gasteiger partial charge in [-0.05, 0) is 12.0 Å². The normalized spacial score (nSPS) is 33.4. The Labute approximate surface area is 127 Å². The highest BCUT2D eigenvalue weighted by Gasteiger charge is 2.48. The summed E-state index contributed by atoms with van der Waals surface area (Å²) in [7, 11) is 0. The summed E-state index contributed by atoms with van der Waals surface area (Å²) in [6, 6.07) is 9.19. The van der Waals surface area contributed by atoms with Crippen molar-refractivity contribution in [1.29, 1.82) is 0 Å². The van der Waals surface area contributed by atoms with Crippen LogP contribution in [0, 0.1) is 0 Å². The predicted octanol–water partition coefficient (Wildman–Crippen LogP) is 0.0465. The lowest BCUT2D eigenvalue weighted by atomic mass is 9.98. The molecule has 122 valence electrons. The number of carboxylic acid groups (broad SMARTS) is 1. The number of benzene rings is 1. The Morgan fingerprint density at radius 3 is 2.36 bits per heavy atom. The smallest absolute Gasteiger partial charge is 0.335 e. The first kappa shape index (κ1) is 16.9. The average molecular weight is 312 g/mol. The van der Waals surface area contributed by atoms with Gasteiger partial charge in [0.25, 0.3) is 0 Å². The lowest BCUT2D eigenvalue weighted by Gasteiger charge is -2.39. The van der Waals surface area contributed by atoms with E-state index in [-0.39, 0.29) is 0 Å². The van der Waals surface area contributed by atoms with Crippen LogP contribution in [-0.2, 0) is 14.3 Å². The van der Waals surface area contributed by atoms with E-state index in [1.54, 1.807) is 0 Å². The number of ether oxygens (including phenoxy) is 2. The molecule has 1 aromatic carbocycles. The first-order valence-corrected chi connectivity index (χ1v) is 7.08. The van der Waals surface area contributed by atoms with Gasteiger partial charge in [0.05, 0.1) is 6.10 Å². The molecule has 1 saturated heterocycles. The minimum absolute atomic E-state index is 0.433. The van der Waals surface area contributed by atoms with Crippen molar-refractivity contribution >= 4 is 5.97 Å². The molecular weight excluding hydrogens is 292 g/mol. The summed E-state index contributed by atoms with van der Waals surface area (Å²) >= 11 is 0. The van der Waals surface area contributed by atoms with Crippen LogP contribution >= 0.6 is 0 Å². The second kappa shape index (κ2) is 7.17. The fraction of sp³-hybridized carbons (Fsp3) is 0.533. The lowest BCUT2D eigenvalue weighted by molar-refractivity contribution is -0.305. The van der Waals surface area contributed by atoms with Gasteiger partial charge in [0.2, 0.25) is 0 Å². The van der Waals surface area contributed by atoms with Crippen molar-refractivity contribution in [3.05, 3.63) is 35.9 Å². The van der Waals surface area contributed by atoms with Gasteiger partial charge in [-0.25, -0.2) is 4.79 Å². The van der Waals surface area contributed by atoms with E-state index < -0.39 is 42.8 Å². The molecule has 1 aliphatic rings. The summed E-state index contributed by atoms with van der Waals surface area (Å²) < 4.78 is 10.7. The Morgan fingerprint density at radius 2 is 1.82 bits per heavy atom. The van der Waals surface area contributed by atoms with Crippen molar-refractivity contribution < 1.29 is 34.7 Å². The third-order valence-electron chi connectivity index (χ3n) is 3.65. The number of carboxylic acids is 1. The van der Waals surface area contributed by atoms with Gasteiger partial charge in [0.1, 0.15) is 18.3 Å². The first-order chi connectivity index (χ1) is 10.5. The molecule has 0 bridgehead atoms.